The van der Waals surface area contributed by atoms with Gasteiger partial charge in [-0.2, -0.15) is 0 Å². The molecule has 2 aromatic heterocycles. The van der Waals surface area contributed by atoms with Crippen LogP contribution in [-0.4, -0.2) is 31.8 Å². The van der Waals surface area contributed by atoms with E-state index < -0.39 is 0 Å². The number of amides is 1. The van der Waals surface area contributed by atoms with Crippen molar-refractivity contribution in [2.75, 3.05) is 0 Å². The van der Waals surface area contributed by atoms with Crippen molar-refractivity contribution >= 4 is 11.4 Å². The molecule has 1 fully saturated rings. The molecule has 25 heavy (non-hydrogen) atoms. The zero-order chi connectivity index (χ0) is 17.2. The molecule has 7 nitrogen and oxygen atoms in total. The fraction of sp³-hybridized carbons (Fsp3) is 0.333. The number of carbonyl (C=O) groups excluding carboxylic acids is 1. The first-order valence-corrected chi connectivity index (χ1v) is 8.57. The Labute approximate surface area is 144 Å². The third-order valence-corrected chi connectivity index (χ3v) is 4.65. The average molecular weight is 337 g/mol. The fourth-order valence-electron chi connectivity index (χ4n) is 3.35. The Bertz CT molecular complexity index is 955. The quantitative estimate of drug-likeness (QED) is 0.766. The highest BCUT2D eigenvalue weighted by molar-refractivity contribution is 5.98. The van der Waals surface area contributed by atoms with Crippen molar-refractivity contribution in [2.45, 2.75) is 38.1 Å². The summed E-state index contributed by atoms with van der Waals surface area (Å²) in [5.74, 6) is -0.333. The summed E-state index contributed by atoms with van der Waals surface area (Å²) in [7, 11) is 0. The van der Waals surface area contributed by atoms with Crippen molar-refractivity contribution in [3.05, 3.63) is 52.6 Å². The average Bonchev–Trinajstić information content (AvgIpc) is 3.08. The van der Waals surface area contributed by atoms with Crippen LogP contribution in [0, 0.1) is 0 Å². The topological polar surface area (TPSA) is 92.2 Å². The standard InChI is InChI=1S/C18H19N5O2/c24-17(19-13-9-5-2-6-10-13)15-16-18(25)20-14(11-23(16)22-21-15)12-7-3-1-4-8-12/h1,3-4,7-8,11,13H,2,5-6,9-10H2,(H,19,24)(H,20,25). The molecule has 1 aliphatic rings. The summed E-state index contributed by atoms with van der Waals surface area (Å²) < 4.78 is 1.37. The zero-order valence-electron chi connectivity index (χ0n) is 13.7. The maximum Gasteiger partial charge on any atom is 0.276 e. The van der Waals surface area contributed by atoms with E-state index in [1.54, 1.807) is 6.20 Å². The van der Waals surface area contributed by atoms with Gasteiger partial charge in [-0.1, -0.05) is 54.8 Å². The summed E-state index contributed by atoms with van der Waals surface area (Å²) in [4.78, 5) is 27.8. The summed E-state index contributed by atoms with van der Waals surface area (Å²) in [5.41, 5.74) is 1.37. The number of hydrogen-bond acceptors (Lipinski definition) is 4. The monoisotopic (exact) mass is 337 g/mol. The second-order valence-electron chi connectivity index (χ2n) is 6.40. The minimum absolute atomic E-state index is 0.0754. The molecule has 0 atom stereocenters. The molecule has 0 saturated heterocycles. The Morgan fingerprint density at radius 2 is 1.92 bits per heavy atom. The lowest BCUT2D eigenvalue weighted by atomic mass is 9.95. The van der Waals surface area contributed by atoms with Crippen LogP contribution in [-0.2, 0) is 0 Å². The largest absolute Gasteiger partial charge is 0.348 e. The minimum atomic E-state index is -0.375. The van der Waals surface area contributed by atoms with Crippen molar-refractivity contribution in [1.29, 1.82) is 0 Å². The lowest BCUT2D eigenvalue weighted by molar-refractivity contribution is 0.0924. The number of rotatable bonds is 3. The van der Waals surface area contributed by atoms with E-state index in [9.17, 15) is 9.59 Å². The van der Waals surface area contributed by atoms with Gasteiger partial charge < -0.3 is 10.3 Å². The fourth-order valence-corrected chi connectivity index (χ4v) is 3.35. The van der Waals surface area contributed by atoms with E-state index >= 15 is 0 Å². The van der Waals surface area contributed by atoms with Gasteiger partial charge in [0.2, 0.25) is 0 Å². The normalized spacial score (nSPS) is 15.4. The molecule has 1 amide bonds. The van der Waals surface area contributed by atoms with E-state index in [2.05, 4.69) is 20.6 Å². The Morgan fingerprint density at radius 3 is 2.68 bits per heavy atom. The molecule has 7 heteroatoms. The Hall–Kier alpha value is -2.96. The zero-order valence-corrected chi connectivity index (χ0v) is 13.7. The Morgan fingerprint density at radius 1 is 1.16 bits per heavy atom. The Balaban J connectivity index is 1.67. The van der Waals surface area contributed by atoms with Gasteiger partial charge in [0.05, 0.1) is 11.9 Å². The van der Waals surface area contributed by atoms with Crippen LogP contribution in [0.4, 0.5) is 0 Å². The van der Waals surface area contributed by atoms with Gasteiger partial charge in [-0.3, -0.25) is 9.59 Å². The third kappa shape index (κ3) is 3.05. The maximum atomic E-state index is 12.5. The van der Waals surface area contributed by atoms with Crippen LogP contribution in [0.2, 0.25) is 0 Å². The number of benzene rings is 1. The molecule has 0 unspecified atom stereocenters. The number of nitrogens with one attached hydrogen (secondary N) is 2. The summed E-state index contributed by atoms with van der Waals surface area (Å²) in [6.07, 6.45) is 7.07. The van der Waals surface area contributed by atoms with Crippen molar-refractivity contribution in [3.8, 4) is 11.3 Å². The van der Waals surface area contributed by atoms with E-state index in [-0.39, 0.29) is 28.7 Å². The summed E-state index contributed by atoms with van der Waals surface area (Å²) >= 11 is 0. The molecule has 2 N–H and O–H groups in total. The van der Waals surface area contributed by atoms with E-state index in [1.165, 1.54) is 10.9 Å². The van der Waals surface area contributed by atoms with E-state index in [4.69, 9.17) is 0 Å². The molecule has 0 aliphatic heterocycles. The predicted molar refractivity (Wildman–Crippen MR) is 93.4 cm³/mol. The van der Waals surface area contributed by atoms with Gasteiger partial charge in [-0.15, -0.1) is 5.10 Å². The van der Waals surface area contributed by atoms with Crippen LogP contribution in [0.5, 0.6) is 0 Å². The van der Waals surface area contributed by atoms with Crippen molar-refractivity contribution in [1.82, 2.24) is 25.1 Å². The van der Waals surface area contributed by atoms with Gasteiger partial charge in [0.25, 0.3) is 11.5 Å². The summed E-state index contributed by atoms with van der Waals surface area (Å²) in [6.45, 7) is 0. The molecule has 3 aromatic rings. The molecule has 1 aromatic carbocycles. The van der Waals surface area contributed by atoms with Gasteiger partial charge in [0.1, 0.15) is 0 Å². The first-order chi connectivity index (χ1) is 12.2. The highest BCUT2D eigenvalue weighted by Crippen LogP contribution is 2.18. The number of aromatic amines is 1. The van der Waals surface area contributed by atoms with Crippen LogP contribution < -0.4 is 10.9 Å². The van der Waals surface area contributed by atoms with Crippen LogP contribution in [0.25, 0.3) is 16.8 Å². The number of carbonyl (C=O) groups is 1. The van der Waals surface area contributed by atoms with Crippen molar-refractivity contribution < 1.29 is 4.79 Å². The number of nitrogens with zero attached hydrogens (tertiary/aromatic N) is 3. The molecule has 0 bridgehead atoms. The second-order valence-corrected chi connectivity index (χ2v) is 6.40. The highest BCUT2D eigenvalue weighted by Gasteiger charge is 2.22. The smallest absolute Gasteiger partial charge is 0.276 e. The summed E-state index contributed by atoms with van der Waals surface area (Å²) in [5, 5.41) is 10.9. The molecule has 2 heterocycles. The number of H-pyrrole nitrogens is 1. The van der Waals surface area contributed by atoms with E-state index in [0.717, 1.165) is 31.2 Å². The van der Waals surface area contributed by atoms with E-state index in [0.29, 0.717) is 5.69 Å². The SMILES string of the molecule is O=C(NC1CCCCC1)c1nnn2cc(-c3ccccc3)[nH]c(=O)c12. The number of hydrogen-bond donors (Lipinski definition) is 2. The van der Waals surface area contributed by atoms with Gasteiger partial charge in [0, 0.05) is 6.04 Å². The third-order valence-electron chi connectivity index (χ3n) is 4.65. The molecule has 1 saturated carbocycles. The molecule has 0 radical (unpaired) electrons. The first kappa shape index (κ1) is 15.6. The van der Waals surface area contributed by atoms with Gasteiger partial charge >= 0.3 is 0 Å². The lowest BCUT2D eigenvalue weighted by Gasteiger charge is -2.22. The van der Waals surface area contributed by atoms with Gasteiger partial charge in [0.15, 0.2) is 11.2 Å². The van der Waals surface area contributed by atoms with Crippen molar-refractivity contribution in [2.24, 2.45) is 0 Å². The molecular weight excluding hydrogens is 318 g/mol. The van der Waals surface area contributed by atoms with Gasteiger partial charge in [-0.05, 0) is 18.4 Å². The minimum Gasteiger partial charge on any atom is -0.348 e. The molecule has 1 aliphatic carbocycles. The molecule has 128 valence electrons. The molecular formula is C18H19N5O2. The molecule has 0 spiro atoms. The maximum absolute atomic E-state index is 12.5. The van der Waals surface area contributed by atoms with Crippen LogP contribution in [0.15, 0.2) is 41.3 Å². The van der Waals surface area contributed by atoms with Crippen LogP contribution in [0.1, 0.15) is 42.6 Å². The number of aromatic nitrogens is 4. The second kappa shape index (κ2) is 6.51. The summed E-state index contributed by atoms with van der Waals surface area (Å²) in [6, 6.07) is 9.63. The van der Waals surface area contributed by atoms with Crippen LogP contribution >= 0.6 is 0 Å². The lowest BCUT2D eigenvalue weighted by Crippen LogP contribution is -2.36. The van der Waals surface area contributed by atoms with Gasteiger partial charge in [-0.25, -0.2) is 4.52 Å². The van der Waals surface area contributed by atoms with E-state index in [1.807, 2.05) is 30.3 Å². The highest BCUT2D eigenvalue weighted by atomic mass is 16.2. The first-order valence-electron chi connectivity index (χ1n) is 8.57. The number of fused-ring (bicyclic) bond motifs is 1. The van der Waals surface area contributed by atoms with Crippen LogP contribution in [0.3, 0.4) is 0 Å². The predicted octanol–water partition coefficient (Wildman–Crippen LogP) is 2.15. The molecule has 4 rings (SSSR count). The van der Waals surface area contributed by atoms with Crippen molar-refractivity contribution in [3.63, 3.8) is 0 Å². The Kier molecular flexibility index (Phi) is 4.05.